The molecule has 0 bridgehead atoms. The van der Waals surface area contributed by atoms with E-state index in [2.05, 4.69) is 21.2 Å². The highest BCUT2D eigenvalue weighted by Crippen LogP contribution is 2.40. The zero-order valence-corrected chi connectivity index (χ0v) is 11.5. The topological polar surface area (TPSA) is 58.3 Å². The number of hydrogen-bond acceptors (Lipinski definition) is 3. The Kier molecular flexibility index (Phi) is 4.17. The number of hydrogen-bond donors (Lipinski definition) is 3. The molecule has 7 heteroatoms. The van der Waals surface area contributed by atoms with Crippen LogP contribution < -0.4 is 11.1 Å². The van der Waals surface area contributed by atoms with Gasteiger partial charge in [-0.05, 0) is 26.0 Å². The molecule has 0 spiro atoms. The summed E-state index contributed by atoms with van der Waals surface area (Å²) in [5, 5.41) is 11.7. The van der Waals surface area contributed by atoms with E-state index in [-0.39, 0.29) is 22.5 Å². The van der Waals surface area contributed by atoms with Crippen LogP contribution in [0.15, 0.2) is 16.6 Å². The number of benzene rings is 1. The molecule has 0 heterocycles. The second-order valence-corrected chi connectivity index (χ2v) is 5.50. The predicted octanol–water partition coefficient (Wildman–Crippen LogP) is 3.23. The summed E-state index contributed by atoms with van der Waals surface area (Å²) in [5.74, 6) is 0. The third-order valence-corrected chi connectivity index (χ3v) is 2.76. The minimum atomic E-state index is -4.52. The summed E-state index contributed by atoms with van der Waals surface area (Å²) in [5.41, 5.74) is 3.59. The standard InChI is InChI=1S/C11H14BrF3N2O/c1-10(2,5-18)17-9-7(11(13,14)15)3-6(12)4-8(9)16/h3-4,17-18H,5,16H2,1-2H3. The van der Waals surface area contributed by atoms with E-state index in [1.165, 1.54) is 6.07 Å². The van der Waals surface area contributed by atoms with Crippen molar-refractivity contribution in [1.29, 1.82) is 0 Å². The third kappa shape index (κ3) is 3.52. The van der Waals surface area contributed by atoms with E-state index in [4.69, 9.17) is 10.8 Å². The van der Waals surface area contributed by atoms with Gasteiger partial charge in [-0.2, -0.15) is 13.2 Å². The van der Waals surface area contributed by atoms with Crippen molar-refractivity contribution >= 4 is 27.3 Å². The highest BCUT2D eigenvalue weighted by Gasteiger charge is 2.36. The summed E-state index contributed by atoms with van der Waals surface area (Å²) in [6, 6.07) is 2.33. The van der Waals surface area contributed by atoms with E-state index < -0.39 is 17.3 Å². The van der Waals surface area contributed by atoms with E-state index in [0.717, 1.165) is 6.07 Å². The van der Waals surface area contributed by atoms with Gasteiger partial charge in [-0.25, -0.2) is 0 Å². The van der Waals surface area contributed by atoms with Crippen molar-refractivity contribution in [1.82, 2.24) is 0 Å². The maximum Gasteiger partial charge on any atom is 0.418 e. The van der Waals surface area contributed by atoms with Gasteiger partial charge in [-0.3, -0.25) is 0 Å². The number of alkyl halides is 3. The quantitative estimate of drug-likeness (QED) is 0.747. The van der Waals surface area contributed by atoms with Gasteiger partial charge in [0.1, 0.15) is 0 Å². The van der Waals surface area contributed by atoms with E-state index in [9.17, 15) is 13.2 Å². The molecule has 0 atom stereocenters. The number of anilines is 2. The van der Waals surface area contributed by atoms with Gasteiger partial charge >= 0.3 is 6.18 Å². The van der Waals surface area contributed by atoms with Crippen molar-refractivity contribution in [3.05, 3.63) is 22.2 Å². The summed E-state index contributed by atoms with van der Waals surface area (Å²) < 4.78 is 39.0. The molecule has 0 fully saturated rings. The highest BCUT2D eigenvalue weighted by atomic mass is 79.9. The molecular weight excluding hydrogens is 313 g/mol. The monoisotopic (exact) mass is 326 g/mol. The van der Waals surface area contributed by atoms with E-state index in [1.54, 1.807) is 13.8 Å². The summed E-state index contributed by atoms with van der Waals surface area (Å²) >= 11 is 2.98. The molecule has 0 unspecified atom stereocenters. The van der Waals surface area contributed by atoms with Crippen LogP contribution in [0.3, 0.4) is 0 Å². The number of nitrogens with one attached hydrogen (secondary N) is 1. The lowest BCUT2D eigenvalue weighted by Gasteiger charge is -2.28. The molecule has 0 radical (unpaired) electrons. The Morgan fingerprint density at radius 1 is 1.33 bits per heavy atom. The Balaban J connectivity index is 3.33. The third-order valence-electron chi connectivity index (χ3n) is 2.30. The predicted molar refractivity (Wildman–Crippen MR) is 68.3 cm³/mol. The summed E-state index contributed by atoms with van der Waals surface area (Å²) in [4.78, 5) is 0. The average molecular weight is 327 g/mol. The molecule has 18 heavy (non-hydrogen) atoms. The molecule has 1 aromatic rings. The normalized spacial score (nSPS) is 12.6. The molecule has 1 aromatic carbocycles. The van der Waals surface area contributed by atoms with Crippen LogP contribution in [0.4, 0.5) is 24.5 Å². The maximum atomic E-state index is 12.9. The summed E-state index contributed by atoms with van der Waals surface area (Å²) in [7, 11) is 0. The minimum absolute atomic E-state index is 0.0294. The molecule has 0 aliphatic carbocycles. The molecule has 102 valence electrons. The molecule has 3 nitrogen and oxygen atoms in total. The van der Waals surface area contributed by atoms with Crippen LogP contribution >= 0.6 is 15.9 Å². The first kappa shape index (κ1) is 15.1. The lowest BCUT2D eigenvalue weighted by molar-refractivity contribution is -0.137. The van der Waals surface area contributed by atoms with Crippen LogP contribution in [-0.4, -0.2) is 17.3 Å². The Morgan fingerprint density at radius 2 is 1.89 bits per heavy atom. The Labute approximate surface area is 111 Å². The number of nitrogen functional groups attached to an aromatic ring is 1. The lowest BCUT2D eigenvalue weighted by atomic mass is 10.0. The summed E-state index contributed by atoms with van der Waals surface area (Å²) in [6.45, 7) is 2.84. The average Bonchev–Trinajstić information content (AvgIpc) is 2.20. The molecule has 0 aliphatic rings. The number of rotatable bonds is 3. The van der Waals surface area contributed by atoms with Gasteiger partial charge in [0, 0.05) is 4.47 Å². The lowest BCUT2D eigenvalue weighted by Crippen LogP contribution is -2.36. The van der Waals surface area contributed by atoms with Crippen LogP contribution in [0.25, 0.3) is 0 Å². The van der Waals surface area contributed by atoms with Crippen molar-refractivity contribution in [3.8, 4) is 0 Å². The van der Waals surface area contributed by atoms with Gasteiger partial charge in [-0.15, -0.1) is 0 Å². The van der Waals surface area contributed by atoms with Crippen molar-refractivity contribution < 1.29 is 18.3 Å². The van der Waals surface area contributed by atoms with Gasteiger partial charge in [0.25, 0.3) is 0 Å². The largest absolute Gasteiger partial charge is 0.418 e. The van der Waals surface area contributed by atoms with Gasteiger partial charge in [0.2, 0.25) is 0 Å². The highest BCUT2D eigenvalue weighted by molar-refractivity contribution is 9.10. The number of halogens is 4. The Morgan fingerprint density at radius 3 is 2.33 bits per heavy atom. The molecule has 4 N–H and O–H groups in total. The molecule has 1 rings (SSSR count). The molecular formula is C11H14BrF3N2O. The fourth-order valence-corrected chi connectivity index (χ4v) is 1.84. The fraction of sp³-hybridized carbons (Fsp3) is 0.455. The molecule has 0 saturated heterocycles. The van der Waals surface area contributed by atoms with Crippen LogP contribution in [0, 0.1) is 0 Å². The Bertz CT molecular complexity index is 447. The van der Waals surface area contributed by atoms with Crippen molar-refractivity contribution in [2.75, 3.05) is 17.7 Å². The van der Waals surface area contributed by atoms with Crippen LogP contribution in [0.5, 0.6) is 0 Å². The molecule has 0 aliphatic heterocycles. The number of aliphatic hydroxyl groups excluding tert-OH is 1. The van der Waals surface area contributed by atoms with Crippen molar-refractivity contribution in [3.63, 3.8) is 0 Å². The first-order valence-electron chi connectivity index (χ1n) is 5.12. The second kappa shape index (κ2) is 4.97. The van der Waals surface area contributed by atoms with E-state index in [1.807, 2.05) is 0 Å². The van der Waals surface area contributed by atoms with Crippen LogP contribution in [-0.2, 0) is 6.18 Å². The van der Waals surface area contributed by atoms with Crippen molar-refractivity contribution in [2.24, 2.45) is 0 Å². The SMILES string of the molecule is CC(C)(CO)Nc1c(N)cc(Br)cc1C(F)(F)F. The number of aliphatic hydroxyl groups is 1. The van der Waals surface area contributed by atoms with E-state index in [0.29, 0.717) is 0 Å². The molecule has 0 saturated carbocycles. The van der Waals surface area contributed by atoms with Crippen LogP contribution in [0.1, 0.15) is 19.4 Å². The van der Waals surface area contributed by atoms with Gasteiger partial charge in [-0.1, -0.05) is 15.9 Å². The first-order chi connectivity index (χ1) is 8.07. The van der Waals surface area contributed by atoms with Gasteiger partial charge in [0.15, 0.2) is 0 Å². The van der Waals surface area contributed by atoms with Crippen molar-refractivity contribution in [2.45, 2.75) is 25.6 Å². The van der Waals surface area contributed by atoms with Gasteiger partial charge in [0.05, 0.1) is 29.1 Å². The number of nitrogens with two attached hydrogens (primary N) is 1. The van der Waals surface area contributed by atoms with Crippen LogP contribution in [0.2, 0.25) is 0 Å². The zero-order chi connectivity index (χ0) is 14.1. The zero-order valence-electron chi connectivity index (χ0n) is 9.90. The first-order valence-corrected chi connectivity index (χ1v) is 5.91. The fourth-order valence-electron chi connectivity index (χ4n) is 1.37. The maximum absolute atomic E-state index is 12.9. The second-order valence-electron chi connectivity index (χ2n) is 4.58. The Hall–Kier alpha value is -0.950. The van der Waals surface area contributed by atoms with E-state index >= 15 is 0 Å². The summed E-state index contributed by atoms with van der Waals surface area (Å²) in [6.07, 6.45) is -4.52. The minimum Gasteiger partial charge on any atom is -0.397 e. The van der Waals surface area contributed by atoms with Gasteiger partial charge < -0.3 is 16.2 Å². The molecule has 0 aromatic heterocycles. The smallest absolute Gasteiger partial charge is 0.397 e. The molecule has 0 amide bonds.